The van der Waals surface area contributed by atoms with Crippen LogP contribution in [0.1, 0.15) is 5.56 Å². The van der Waals surface area contributed by atoms with Crippen LogP contribution in [0.15, 0.2) is 23.1 Å². The second-order valence-corrected chi connectivity index (χ2v) is 9.02. The van der Waals surface area contributed by atoms with Gasteiger partial charge in [-0.1, -0.05) is 6.07 Å². The molecule has 1 aromatic rings. The van der Waals surface area contributed by atoms with Crippen molar-refractivity contribution < 1.29 is 21.2 Å². The van der Waals surface area contributed by atoms with Crippen LogP contribution in [0.4, 0.5) is 4.39 Å². The largest absolute Gasteiger partial charge is 0.316 e. The van der Waals surface area contributed by atoms with Gasteiger partial charge in [0.2, 0.25) is 10.0 Å². The minimum atomic E-state index is -4.05. The molecule has 21 heavy (non-hydrogen) atoms. The summed E-state index contributed by atoms with van der Waals surface area (Å²) in [6.07, 6.45) is 1.01. The zero-order chi connectivity index (χ0) is 16.3. The highest BCUT2D eigenvalue weighted by atomic mass is 32.2. The zero-order valence-electron chi connectivity index (χ0n) is 12.1. The van der Waals surface area contributed by atoms with Crippen LogP contribution in [-0.2, 0) is 26.4 Å². The molecule has 0 unspecified atom stereocenters. The fourth-order valence-corrected chi connectivity index (χ4v) is 3.58. The molecule has 0 radical (unpaired) electrons. The van der Waals surface area contributed by atoms with E-state index in [9.17, 15) is 21.2 Å². The Bertz CT molecular complexity index is 702. The molecule has 0 heterocycles. The fraction of sp³-hybridized carbons (Fsp3) is 0.500. The van der Waals surface area contributed by atoms with Gasteiger partial charge in [-0.3, -0.25) is 0 Å². The van der Waals surface area contributed by atoms with Crippen molar-refractivity contribution in [3.63, 3.8) is 0 Å². The van der Waals surface area contributed by atoms with Crippen LogP contribution in [-0.4, -0.2) is 53.8 Å². The van der Waals surface area contributed by atoms with E-state index in [0.717, 1.165) is 16.6 Å². The van der Waals surface area contributed by atoms with E-state index in [1.165, 1.54) is 19.2 Å². The molecule has 1 N–H and O–H groups in total. The molecule has 0 aliphatic carbocycles. The number of nitrogens with one attached hydrogen (secondary N) is 1. The van der Waals surface area contributed by atoms with Crippen LogP contribution in [0.5, 0.6) is 0 Å². The van der Waals surface area contributed by atoms with E-state index in [2.05, 4.69) is 5.32 Å². The van der Waals surface area contributed by atoms with Crippen LogP contribution in [0.25, 0.3) is 0 Å². The third-order valence-corrected chi connectivity index (χ3v) is 5.66. The first-order valence-electron chi connectivity index (χ1n) is 6.15. The van der Waals surface area contributed by atoms with E-state index in [-0.39, 0.29) is 12.3 Å². The molecule has 1 aromatic carbocycles. The van der Waals surface area contributed by atoms with E-state index in [1.54, 1.807) is 7.05 Å². The Labute approximate surface area is 124 Å². The maximum Gasteiger partial charge on any atom is 0.245 e. The normalized spacial score (nSPS) is 12.8. The molecule has 6 nitrogen and oxygen atoms in total. The SMILES string of the molecule is CNCc1ccc(S(=O)(=O)N(C)CCS(C)(=O)=O)c(F)c1. The smallest absolute Gasteiger partial charge is 0.245 e. The quantitative estimate of drug-likeness (QED) is 0.768. The molecule has 1 rings (SSSR count). The van der Waals surface area contributed by atoms with Crippen LogP contribution in [0.2, 0.25) is 0 Å². The van der Waals surface area contributed by atoms with Gasteiger partial charge >= 0.3 is 0 Å². The van der Waals surface area contributed by atoms with E-state index in [4.69, 9.17) is 0 Å². The molecule has 0 aromatic heterocycles. The number of rotatable bonds is 7. The van der Waals surface area contributed by atoms with Gasteiger partial charge in [0.1, 0.15) is 20.5 Å². The zero-order valence-corrected chi connectivity index (χ0v) is 13.8. The highest BCUT2D eigenvalue weighted by Crippen LogP contribution is 2.19. The summed E-state index contributed by atoms with van der Waals surface area (Å²) in [6.45, 7) is 0.194. The highest BCUT2D eigenvalue weighted by Gasteiger charge is 2.25. The molecule has 0 atom stereocenters. The molecule has 0 spiro atoms. The first-order chi connectivity index (χ1) is 9.58. The van der Waals surface area contributed by atoms with Crippen LogP contribution in [0, 0.1) is 5.82 Å². The van der Waals surface area contributed by atoms with Crippen molar-refractivity contribution in [1.82, 2.24) is 9.62 Å². The number of hydrogen-bond donors (Lipinski definition) is 1. The van der Waals surface area contributed by atoms with Gasteiger partial charge in [-0.05, 0) is 24.7 Å². The van der Waals surface area contributed by atoms with Crippen molar-refractivity contribution in [2.75, 3.05) is 32.6 Å². The molecule has 0 saturated carbocycles. The van der Waals surface area contributed by atoms with Gasteiger partial charge in [0.15, 0.2) is 0 Å². The van der Waals surface area contributed by atoms with Crippen LogP contribution in [0.3, 0.4) is 0 Å². The molecule has 0 saturated heterocycles. The summed E-state index contributed by atoms with van der Waals surface area (Å²) in [5.41, 5.74) is 0.618. The summed E-state index contributed by atoms with van der Waals surface area (Å²) in [6, 6.07) is 3.85. The Morgan fingerprint density at radius 3 is 2.33 bits per heavy atom. The molecular weight excluding hydrogens is 319 g/mol. The molecular formula is C12H19FN2O4S2. The van der Waals surface area contributed by atoms with Gasteiger partial charge in [-0.25, -0.2) is 21.2 Å². The maximum absolute atomic E-state index is 14.0. The summed E-state index contributed by atoms with van der Waals surface area (Å²) in [5.74, 6) is -1.17. The lowest BCUT2D eigenvalue weighted by Gasteiger charge is -2.17. The molecule has 0 amide bonds. The molecule has 0 fully saturated rings. The van der Waals surface area contributed by atoms with Gasteiger partial charge in [0, 0.05) is 26.4 Å². The van der Waals surface area contributed by atoms with Gasteiger partial charge in [0.25, 0.3) is 0 Å². The van der Waals surface area contributed by atoms with E-state index < -0.39 is 30.6 Å². The van der Waals surface area contributed by atoms with Crippen LogP contribution < -0.4 is 5.32 Å². The number of halogens is 1. The molecule has 0 aliphatic heterocycles. The monoisotopic (exact) mass is 338 g/mol. The van der Waals surface area contributed by atoms with Gasteiger partial charge in [-0.15, -0.1) is 0 Å². The Morgan fingerprint density at radius 2 is 1.86 bits per heavy atom. The van der Waals surface area contributed by atoms with Crippen molar-refractivity contribution in [2.24, 2.45) is 0 Å². The van der Waals surface area contributed by atoms with Crippen molar-refractivity contribution >= 4 is 19.9 Å². The summed E-state index contributed by atoms with van der Waals surface area (Å²) < 4.78 is 61.4. The Balaban J connectivity index is 3.02. The Hall–Kier alpha value is -1.03. The maximum atomic E-state index is 14.0. The van der Waals surface area contributed by atoms with Gasteiger partial charge < -0.3 is 5.32 Å². The molecule has 0 aliphatic rings. The number of nitrogens with zero attached hydrogens (tertiary/aromatic N) is 1. The van der Waals surface area contributed by atoms with Crippen molar-refractivity contribution in [1.29, 1.82) is 0 Å². The third-order valence-electron chi connectivity index (χ3n) is 2.84. The van der Waals surface area contributed by atoms with E-state index in [0.29, 0.717) is 12.1 Å². The van der Waals surface area contributed by atoms with Crippen LogP contribution >= 0.6 is 0 Å². The van der Waals surface area contributed by atoms with Crippen molar-refractivity contribution in [2.45, 2.75) is 11.4 Å². The van der Waals surface area contributed by atoms with Crippen molar-refractivity contribution in [3.8, 4) is 0 Å². The molecule has 120 valence electrons. The first-order valence-corrected chi connectivity index (χ1v) is 9.65. The number of benzene rings is 1. The van der Waals surface area contributed by atoms with Crippen molar-refractivity contribution in [3.05, 3.63) is 29.6 Å². The summed E-state index contributed by atoms with van der Waals surface area (Å²) in [5, 5.41) is 2.84. The lowest BCUT2D eigenvalue weighted by atomic mass is 10.2. The minimum Gasteiger partial charge on any atom is -0.316 e. The fourth-order valence-electron chi connectivity index (χ4n) is 1.65. The predicted molar refractivity (Wildman–Crippen MR) is 78.7 cm³/mol. The Kier molecular flexibility index (Phi) is 5.85. The first kappa shape index (κ1) is 18.0. The highest BCUT2D eigenvalue weighted by molar-refractivity contribution is 7.91. The van der Waals surface area contributed by atoms with E-state index >= 15 is 0 Å². The number of hydrogen-bond acceptors (Lipinski definition) is 5. The average molecular weight is 338 g/mol. The standard InChI is InChI=1S/C12H19FN2O4S2/c1-14-9-10-4-5-12(11(13)8-10)21(18,19)15(2)6-7-20(3,16)17/h4-5,8,14H,6-7,9H2,1-3H3. The summed E-state index contributed by atoms with van der Waals surface area (Å²) >= 11 is 0. The third kappa shape index (κ3) is 5.03. The summed E-state index contributed by atoms with van der Waals surface area (Å²) in [4.78, 5) is -0.460. The lowest BCUT2D eigenvalue weighted by Crippen LogP contribution is -2.32. The van der Waals surface area contributed by atoms with Gasteiger partial charge in [0.05, 0.1) is 5.75 Å². The van der Waals surface area contributed by atoms with Gasteiger partial charge in [-0.2, -0.15) is 4.31 Å². The summed E-state index contributed by atoms with van der Waals surface area (Å²) in [7, 11) is -4.42. The number of sulfone groups is 1. The Morgan fingerprint density at radius 1 is 1.24 bits per heavy atom. The molecule has 9 heteroatoms. The number of sulfonamides is 1. The topological polar surface area (TPSA) is 83.6 Å². The predicted octanol–water partition coefficient (Wildman–Crippen LogP) is 0.210. The average Bonchev–Trinajstić information content (AvgIpc) is 2.35. The second-order valence-electron chi connectivity index (χ2n) is 4.75. The van der Waals surface area contributed by atoms with E-state index in [1.807, 2.05) is 0 Å². The lowest BCUT2D eigenvalue weighted by molar-refractivity contribution is 0.476. The minimum absolute atomic E-state index is 0.223. The second kappa shape index (κ2) is 6.82. The molecule has 0 bridgehead atoms.